The summed E-state index contributed by atoms with van der Waals surface area (Å²) in [4.78, 5) is 0. The van der Waals surface area contributed by atoms with Crippen molar-refractivity contribution in [2.24, 2.45) is 0 Å². The molecule has 0 spiro atoms. The number of para-hydroxylation sites is 1. The van der Waals surface area contributed by atoms with Gasteiger partial charge in [0.25, 0.3) is 0 Å². The van der Waals surface area contributed by atoms with E-state index in [2.05, 4.69) is 11.4 Å². The fourth-order valence-electron chi connectivity index (χ4n) is 2.45. The van der Waals surface area contributed by atoms with Crippen LogP contribution in [0.5, 0.6) is 11.5 Å². The summed E-state index contributed by atoms with van der Waals surface area (Å²) in [5, 5.41) is 4.21. The van der Waals surface area contributed by atoms with Gasteiger partial charge in [0.05, 0.1) is 13.2 Å². The Morgan fingerprint density at radius 1 is 1.30 bits per heavy atom. The second kappa shape index (κ2) is 5.73. The lowest BCUT2D eigenvalue weighted by Gasteiger charge is -2.14. The van der Waals surface area contributed by atoms with Crippen LogP contribution in [0.3, 0.4) is 0 Å². The van der Waals surface area contributed by atoms with Gasteiger partial charge in [-0.1, -0.05) is 29.8 Å². The zero-order valence-electron chi connectivity index (χ0n) is 11.2. The topological polar surface area (TPSA) is 30.5 Å². The molecule has 3 rings (SSSR count). The number of hydrogen-bond acceptors (Lipinski definition) is 3. The van der Waals surface area contributed by atoms with Crippen LogP contribution in [0.2, 0.25) is 5.02 Å². The van der Waals surface area contributed by atoms with Crippen LogP contribution in [-0.2, 0) is 6.54 Å². The van der Waals surface area contributed by atoms with Gasteiger partial charge in [0.1, 0.15) is 18.1 Å². The third-order valence-corrected chi connectivity index (χ3v) is 3.72. The summed E-state index contributed by atoms with van der Waals surface area (Å²) in [7, 11) is 1.67. The van der Waals surface area contributed by atoms with Gasteiger partial charge in [-0.25, -0.2) is 0 Å². The fourth-order valence-corrected chi connectivity index (χ4v) is 2.64. The molecule has 20 heavy (non-hydrogen) atoms. The van der Waals surface area contributed by atoms with E-state index in [4.69, 9.17) is 21.1 Å². The number of methoxy groups -OCH3 is 1. The molecular formula is C16H16ClNO2. The number of halogens is 1. The van der Waals surface area contributed by atoms with Gasteiger partial charge in [0.15, 0.2) is 0 Å². The molecule has 0 bridgehead atoms. The molecule has 3 nitrogen and oxygen atoms in total. The molecule has 0 saturated carbocycles. The highest BCUT2D eigenvalue weighted by atomic mass is 35.5. The monoisotopic (exact) mass is 289 g/mol. The Morgan fingerprint density at radius 2 is 2.15 bits per heavy atom. The average molecular weight is 290 g/mol. The van der Waals surface area contributed by atoms with Crippen molar-refractivity contribution in [3.8, 4) is 11.5 Å². The third kappa shape index (κ3) is 2.60. The van der Waals surface area contributed by atoms with Crippen LogP contribution in [0.4, 0.5) is 0 Å². The molecule has 0 amide bonds. The summed E-state index contributed by atoms with van der Waals surface area (Å²) in [5.74, 6) is 1.80. The number of ether oxygens (including phenoxy) is 2. The average Bonchev–Trinajstić information content (AvgIpc) is 2.88. The predicted octanol–water partition coefficient (Wildman–Crippen LogP) is 3.57. The zero-order chi connectivity index (χ0) is 13.9. The molecule has 2 aromatic carbocycles. The van der Waals surface area contributed by atoms with Gasteiger partial charge in [-0.2, -0.15) is 0 Å². The van der Waals surface area contributed by atoms with E-state index in [1.54, 1.807) is 7.11 Å². The first-order valence-electron chi connectivity index (χ1n) is 6.55. The molecule has 1 aliphatic heterocycles. The lowest BCUT2D eigenvalue weighted by molar-refractivity contribution is 0.309. The molecule has 4 heteroatoms. The first kappa shape index (κ1) is 13.3. The highest BCUT2D eigenvalue weighted by Gasteiger charge is 2.23. The van der Waals surface area contributed by atoms with Gasteiger partial charge in [-0.05, 0) is 24.3 Å². The van der Waals surface area contributed by atoms with E-state index in [0.29, 0.717) is 18.2 Å². The molecule has 1 atom stereocenters. The molecule has 1 N–H and O–H groups in total. The van der Waals surface area contributed by atoms with Crippen LogP contribution >= 0.6 is 11.6 Å². The first-order valence-corrected chi connectivity index (χ1v) is 6.93. The second-order valence-electron chi connectivity index (χ2n) is 4.74. The first-order chi connectivity index (χ1) is 9.78. The number of hydrogen-bond donors (Lipinski definition) is 1. The molecular weight excluding hydrogens is 274 g/mol. The van der Waals surface area contributed by atoms with Gasteiger partial charge in [-0.3, -0.25) is 0 Å². The van der Waals surface area contributed by atoms with Crippen molar-refractivity contribution in [2.45, 2.75) is 12.6 Å². The Balaban J connectivity index is 1.73. The van der Waals surface area contributed by atoms with Gasteiger partial charge in [0, 0.05) is 22.7 Å². The van der Waals surface area contributed by atoms with Crippen LogP contribution in [0, 0.1) is 0 Å². The standard InChI is InChI=1S/C16H16ClNO2/c1-19-15-7-6-12(17)8-11(15)9-18-14-10-20-16-5-3-2-4-13(14)16/h2-8,14,18H,9-10H2,1H3. The Hall–Kier alpha value is -1.71. The number of rotatable bonds is 4. The Bertz CT molecular complexity index is 615. The van der Waals surface area contributed by atoms with Gasteiger partial charge >= 0.3 is 0 Å². The lowest BCUT2D eigenvalue weighted by atomic mass is 10.1. The Kier molecular flexibility index (Phi) is 3.81. The summed E-state index contributed by atoms with van der Waals surface area (Å²) in [5.41, 5.74) is 2.25. The molecule has 0 aliphatic carbocycles. The van der Waals surface area contributed by atoms with Crippen molar-refractivity contribution in [1.82, 2.24) is 5.32 Å². The van der Waals surface area contributed by atoms with Crippen molar-refractivity contribution in [1.29, 1.82) is 0 Å². The molecule has 1 aliphatic rings. The normalized spacial score (nSPS) is 16.6. The third-order valence-electron chi connectivity index (χ3n) is 3.48. The van der Waals surface area contributed by atoms with Gasteiger partial charge < -0.3 is 14.8 Å². The maximum absolute atomic E-state index is 6.04. The highest BCUT2D eigenvalue weighted by molar-refractivity contribution is 6.30. The summed E-state index contributed by atoms with van der Waals surface area (Å²) in [6, 6.07) is 14.0. The van der Waals surface area contributed by atoms with Crippen molar-refractivity contribution < 1.29 is 9.47 Å². The Labute approximate surface area is 123 Å². The van der Waals surface area contributed by atoms with E-state index < -0.39 is 0 Å². The molecule has 0 radical (unpaired) electrons. The predicted molar refractivity (Wildman–Crippen MR) is 79.5 cm³/mol. The molecule has 0 fully saturated rings. The Morgan fingerprint density at radius 3 is 3.00 bits per heavy atom. The molecule has 0 aromatic heterocycles. The second-order valence-corrected chi connectivity index (χ2v) is 5.17. The van der Waals surface area contributed by atoms with Gasteiger partial charge in [-0.15, -0.1) is 0 Å². The molecule has 1 unspecified atom stereocenters. The minimum absolute atomic E-state index is 0.204. The largest absolute Gasteiger partial charge is 0.496 e. The molecule has 104 valence electrons. The van der Waals surface area contributed by atoms with E-state index in [9.17, 15) is 0 Å². The summed E-state index contributed by atoms with van der Waals surface area (Å²) < 4.78 is 11.0. The number of benzene rings is 2. The van der Waals surface area contributed by atoms with E-state index in [-0.39, 0.29) is 6.04 Å². The van der Waals surface area contributed by atoms with Crippen LogP contribution in [0.25, 0.3) is 0 Å². The SMILES string of the molecule is COc1ccc(Cl)cc1CNC1COc2ccccc21. The maximum atomic E-state index is 6.04. The van der Waals surface area contributed by atoms with Crippen LogP contribution in [-0.4, -0.2) is 13.7 Å². The van der Waals surface area contributed by atoms with Crippen LogP contribution < -0.4 is 14.8 Å². The van der Waals surface area contributed by atoms with E-state index in [1.165, 1.54) is 5.56 Å². The lowest BCUT2D eigenvalue weighted by Crippen LogP contribution is -2.22. The summed E-state index contributed by atoms with van der Waals surface area (Å²) >= 11 is 6.04. The zero-order valence-corrected chi connectivity index (χ0v) is 12.0. The van der Waals surface area contributed by atoms with Crippen molar-refractivity contribution >= 4 is 11.6 Å². The van der Waals surface area contributed by atoms with E-state index in [0.717, 1.165) is 17.1 Å². The van der Waals surface area contributed by atoms with Crippen molar-refractivity contribution in [2.75, 3.05) is 13.7 Å². The highest BCUT2D eigenvalue weighted by Crippen LogP contribution is 2.32. The maximum Gasteiger partial charge on any atom is 0.124 e. The van der Waals surface area contributed by atoms with Crippen LogP contribution in [0.15, 0.2) is 42.5 Å². The quantitative estimate of drug-likeness (QED) is 0.933. The van der Waals surface area contributed by atoms with Crippen LogP contribution in [0.1, 0.15) is 17.2 Å². The molecule has 1 heterocycles. The summed E-state index contributed by atoms with van der Waals surface area (Å²) in [6.45, 7) is 1.34. The van der Waals surface area contributed by atoms with Gasteiger partial charge in [0.2, 0.25) is 0 Å². The number of nitrogens with one attached hydrogen (secondary N) is 1. The fraction of sp³-hybridized carbons (Fsp3) is 0.250. The minimum atomic E-state index is 0.204. The smallest absolute Gasteiger partial charge is 0.124 e. The molecule has 0 saturated heterocycles. The minimum Gasteiger partial charge on any atom is -0.496 e. The number of fused-ring (bicyclic) bond motifs is 1. The summed E-state index contributed by atoms with van der Waals surface area (Å²) in [6.07, 6.45) is 0. The van der Waals surface area contributed by atoms with Crippen molar-refractivity contribution in [3.63, 3.8) is 0 Å². The van der Waals surface area contributed by atoms with E-state index in [1.807, 2.05) is 36.4 Å². The van der Waals surface area contributed by atoms with Crippen molar-refractivity contribution in [3.05, 3.63) is 58.6 Å². The van der Waals surface area contributed by atoms with E-state index >= 15 is 0 Å². The molecule has 2 aromatic rings.